The van der Waals surface area contributed by atoms with E-state index in [0.29, 0.717) is 0 Å². The van der Waals surface area contributed by atoms with Gasteiger partial charge in [-0.3, -0.25) is 0 Å². The molecular formula is C27H22O12. The van der Waals surface area contributed by atoms with E-state index < -0.39 is 69.6 Å². The van der Waals surface area contributed by atoms with Gasteiger partial charge in [0.15, 0.2) is 34.5 Å². The van der Waals surface area contributed by atoms with Crippen LogP contribution in [0, 0.1) is 0 Å². The Balaban J connectivity index is 1.93. The Morgan fingerprint density at radius 2 is 1.38 bits per heavy atom. The van der Waals surface area contributed by atoms with Crippen LogP contribution in [0.25, 0.3) is 17.7 Å². The summed E-state index contributed by atoms with van der Waals surface area (Å²) in [7, 11) is 0. The molecule has 0 bridgehead atoms. The zero-order valence-electron chi connectivity index (χ0n) is 19.8. The molecule has 0 saturated heterocycles. The van der Waals surface area contributed by atoms with Crippen molar-refractivity contribution < 1.29 is 60.0 Å². The van der Waals surface area contributed by atoms with Gasteiger partial charge >= 0.3 is 17.9 Å². The number of rotatable bonds is 9. The van der Waals surface area contributed by atoms with Crippen molar-refractivity contribution in [3.05, 3.63) is 76.9 Å². The van der Waals surface area contributed by atoms with Crippen molar-refractivity contribution >= 4 is 35.6 Å². The molecule has 12 nitrogen and oxygen atoms in total. The van der Waals surface area contributed by atoms with Gasteiger partial charge in [-0.15, -0.1) is 0 Å². The lowest BCUT2D eigenvalue weighted by atomic mass is 9.95. The molecule has 0 radical (unpaired) electrons. The number of aliphatic carboxylic acids is 2. The lowest BCUT2D eigenvalue weighted by Gasteiger charge is -2.14. The number of phenolic OH excluding ortho intramolecular Hbond substituents is 6. The monoisotopic (exact) mass is 538 g/mol. The van der Waals surface area contributed by atoms with Gasteiger partial charge in [0.25, 0.3) is 0 Å². The van der Waals surface area contributed by atoms with Crippen molar-refractivity contribution in [2.45, 2.75) is 12.5 Å². The second-order valence-corrected chi connectivity index (χ2v) is 8.13. The minimum atomic E-state index is -1.68. The van der Waals surface area contributed by atoms with Gasteiger partial charge in [-0.25, -0.2) is 14.4 Å². The maximum Gasteiger partial charge on any atom is 0.345 e. The van der Waals surface area contributed by atoms with Gasteiger partial charge in [-0.05, 0) is 59.2 Å². The Kier molecular flexibility index (Phi) is 8.31. The molecule has 39 heavy (non-hydrogen) atoms. The molecule has 0 saturated carbocycles. The van der Waals surface area contributed by atoms with Gasteiger partial charge in [-0.1, -0.05) is 18.2 Å². The highest BCUT2D eigenvalue weighted by Crippen LogP contribution is 2.38. The molecular weight excluding hydrogens is 516 g/mol. The van der Waals surface area contributed by atoms with E-state index in [-0.39, 0.29) is 23.1 Å². The highest BCUT2D eigenvalue weighted by Gasteiger charge is 2.24. The minimum Gasteiger partial charge on any atom is -0.504 e. The number of phenols is 6. The fourth-order valence-electron chi connectivity index (χ4n) is 3.48. The van der Waals surface area contributed by atoms with Crippen LogP contribution < -0.4 is 0 Å². The molecule has 12 heteroatoms. The number of esters is 1. The first-order valence-corrected chi connectivity index (χ1v) is 11.0. The van der Waals surface area contributed by atoms with E-state index in [1.165, 1.54) is 18.2 Å². The van der Waals surface area contributed by atoms with Crippen LogP contribution in [-0.4, -0.2) is 64.9 Å². The molecule has 0 aliphatic rings. The summed E-state index contributed by atoms with van der Waals surface area (Å²) >= 11 is 0. The van der Waals surface area contributed by atoms with Gasteiger partial charge in [-0.2, -0.15) is 0 Å². The smallest absolute Gasteiger partial charge is 0.345 e. The summed E-state index contributed by atoms with van der Waals surface area (Å²) < 4.78 is 4.97. The van der Waals surface area contributed by atoms with Crippen molar-refractivity contribution in [3.8, 4) is 34.5 Å². The predicted octanol–water partition coefficient (Wildman–Crippen LogP) is 2.80. The first kappa shape index (κ1) is 27.9. The van der Waals surface area contributed by atoms with Crippen LogP contribution in [0.2, 0.25) is 0 Å². The SMILES string of the molecule is O=C(/C=C/c1ccc(O)c(O)c1/C(=C\c1ccc(O)c(O)c1)C(=O)O)OC(Cc1ccc(O)c(O)c1)C(=O)O. The summed E-state index contributed by atoms with van der Waals surface area (Å²) in [6.07, 6.45) is 0.826. The molecule has 0 fully saturated rings. The predicted molar refractivity (Wildman–Crippen MR) is 135 cm³/mol. The molecule has 0 spiro atoms. The number of aromatic hydroxyl groups is 6. The van der Waals surface area contributed by atoms with Gasteiger partial charge in [0, 0.05) is 18.1 Å². The summed E-state index contributed by atoms with van der Waals surface area (Å²) in [4.78, 5) is 36.1. The first-order chi connectivity index (χ1) is 18.4. The molecule has 1 atom stereocenters. The molecule has 1 unspecified atom stereocenters. The Labute approximate surface area is 219 Å². The Morgan fingerprint density at radius 3 is 1.97 bits per heavy atom. The van der Waals surface area contributed by atoms with Crippen LogP contribution in [-0.2, 0) is 25.5 Å². The zero-order chi connectivity index (χ0) is 28.9. The van der Waals surface area contributed by atoms with Crippen LogP contribution in [0.4, 0.5) is 0 Å². The Morgan fingerprint density at radius 1 is 0.769 bits per heavy atom. The van der Waals surface area contributed by atoms with Crippen molar-refractivity contribution in [1.29, 1.82) is 0 Å². The topological polar surface area (TPSA) is 222 Å². The normalized spacial score (nSPS) is 12.3. The highest BCUT2D eigenvalue weighted by atomic mass is 16.6. The number of benzene rings is 3. The molecule has 3 rings (SSSR count). The van der Waals surface area contributed by atoms with E-state index in [0.717, 1.165) is 48.6 Å². The summed E-state index contributed by atoms with van der Waals surface area (Å²) in [6.45, 7) is 0. The third-order valence-corrected chi connectivity index (χ3v) is 5.39. The quantitative estimate of drug-likeness (QED) is 0.0852. The van der Waals surface area contributed by atoms with E-state index in [2.05, 4.69) is 0 Å². The highest BCUT2D eigenvalue weighted by molar-refractivity contribution is 6.22. The van der Waals surface area contributed by atoms with Crippen LogP contribution in [0.1, 0.15) is 22.3 Å². The molecule has 202 valence electrons. The van der Waals surface area contributed by atoms with Crippen molar-refractivity contribution in [1.82, 2.24) is 0 Å². The number of carbonyl (C=O) groups excluding carboxylic acids is 1. The lowest BCUT2D eigenvalue weighted by Crippen LogP contribution is -2.28. The van der Waals surface area contributed by atoms with E-state index in [1.807, 2.05) is 0 Å². The Bertz CT molecular complexity index is 1500. The Hall–Kier alpha value is -5.65. The first-order valence-electron chi connectivity index (χ1n) is 11.0. The van der Waals surface area contributed by atoms with Crippen LogP contribution >= 0.6 is 0 Å². The molecule has 3 aromatic carbocycles. The minimum absolute atomic E-state index is 0.0748. The third kappa shape index (κ3) is 6.77. The molecule has 8 N–H and O–H groups in total. The largest absolute Gasteiger partial charge is 0.504 e. The summed E-state index contributed by atoms with van der Waals surface area (Å²) in [6, 6.07) is 9.24. The number of carboxylic acids is 2. The molecule has 0 aromatic heterocycles. The molecule has 0 aliphatic heterocycles. The molecule has 0 heterocycles. The van der Waals surface area contributed by atoms with Crippen LogP contribution in [0.3, 0.4) is 0 Å². The van der Waals surface area contributed by atoms with E-state index in [1.54, 1.807) is 0 Å². The number of hydrogen-bond acceptors (Lipinski definition) is 10. The second kappa shape index (κ2) is 11.6. The van der Waals surface area contributed by atoms with Crippen LogP contribution in [0.5, 0.6) is 34.5 Å². The number of hydrogen-bond donors (Lipinski definition) is 8. The molecule has 3 aromatic rings. The van der Waals surface area contributed by atoms with Crippen molar-refractivity contribution in [2.75, 3.05) is 0 Å². The summed E-state index contributed by atoms with van der Waals surface area (Å²) in [5.74, 6) is -7.60. The van der Waals surface area contributed by atoms with E-state index in [9.17, 15) is 55.2 Å². The van der Waals surface area contributed by atoms with Gasteiger partial charge in [0.2, 0.25) is 6.10 Å². The summed E-state index contributed by atoms with van der Waals surface area (Å²) in [5, 5.41) is 77.8. The number of carboxylic acid groups (broad SMARTS) is 2. The number of ether oxygens (including phenoxy) is 1. The van der Waals surface area contributed by atoms with Crippen molar-refractivity contribution in [3.63, 3.8) is 0 Å². The summed E-state index contributed by atoms with van der Waals surface area (Å²) in [5.41, 5.74) is -0.680. The zero-order valence-corrected chi connectivity index (χ0v) is 19.8. The molecule has 0 aliphatic carbocycles. The van der Waals surface area contributed by atoms with Crippen LogP contribution in [0.15, 0.2) is 54.6 Å². The fraction of sp³-hybridized carbons (Fsp3) is 0.0741. The lowest BCUT2D eigenvalue weighted by molar-refractivity contribution is -0.160. The van der Waals surface area contributed by atoms with Gasteiger partial charge in [0.05, 0.1) is 5.57 Å². The third-order valence-electron chi connectivity index (χ3n) is 5.39. The average Bonchev–Trinajstić information content (AvgIpc) is 2.87. The standard InChI is InChI=1S/C27H22O12/c28-17-5-1-13(10-20(17)31)9-16(26(35)36)24-15(3-7-19(30)25(24)34)4-8-23(33)39-22(27(37)38)12-14-2-6-18(29)21(32)11-14/h1-11,22,28-32,34H,12H2,(H,35,36)(H,37,38)/b8-4+,16-9+. The maximum atomic E-state index is 12.4. The maximum absolute atomic E-state index is 12.4. The van der Waals surface area contributed by atoms with Gasteiger partial charge < -0.3 is 45.6 Å². The van der Waals surface area contributed by atoms with E-state index >= 15 is 0 Å². The fourth-order valence-corrected chi connectivity index (χ4v) is 3.48. The average molecular weight is 538 g/mol. The second-order valence-electron chi connectivity index (χ2n) is 8.13. The van der Waals surface area contributed by atoms with Crippen molar-refractivity contribution in [2.24, 2.45) is 0 Å². The molecule has 0 amide bonds. The van der Waals surface area contributed by atoms with Gasteiger partial charge in [0.1, 0.15) is 0 Å². The van der Waals surface area contributed by atoms with E-state index in [4.69, 9.17) is 4.74 Å². The number of carbonyl (C=O) groups is 3.